The maximum absolute atomic E-state index is 13.2. The summed E-state index contributed by atoms with van der Waals surface area (Å²) in [5.41, 5.74) is 9.36. The second-order valence-corrected chi connectivity index (χ2v) is 11.2. The molecule has 2 aromatic heterocycles. The van der Waals surface area contributed by atoms with E-state index in [2.05, 4.69) is 37.2 Å². The van der Waals surface area contributed by atoms with Crippen LogP contribution in [0, 0.1) is 0 Å². The van der Waals surface area contributed by atoms with Crippen molar-refractivity contribution in [2.24, 2.45) is 0 Å². The number of pyridine rings is 2. The maximum atomic E-state index is 13.2. The fraction of sp³-hybridized carbons (Fsp3) is 0.469. The SMILES string of the molecule is Nc1ccc(CNCNC2CCC(c3ccc(C(=O)NCCN4CCCCC4)c(Nc4ccccc4)n3)CC2)cn1. The number of carbonyl (C=O) groups is 1. The second kappa shape index (κ2) is 14.9. The van der Waals surface area contributed by atoms with E-state index in [4.69, 9.17) is 10.7 Å². The van der Waals surface area contributed by atoms with Gasteiger partial charge in [0.25, 0.3) is 5.91 Å². The zero-order chi connectivity index (χ0) is 28.3. The van der Waals surface area contributed by atoms with Crippen LogP contribution < -0.4 is 27.0 Å². The van der Waals surface area contributed by atoms with Crippen LogP contribution in [-0.4, -0.2) is 59.7 Å². The molecule has 41 heavy (non-hydrogen) atoms. The molecule has 1 saturated carbocycles. The molecular formula is C32H44N8O. The Morgan fingerprint density at radius 2 is 1.76 bits per heavy atom. The van der Waals surface area contributed by atoms with Crippen molar-refractivity contribution < 1.29 is 4.79 Å². The zero-order valence-corrected chi connectivity index (χ0v) is 23.9. The Bertz CT molecular complexity index is 1220. The van der Waals surface area contributed by atoms with Crippen LogP contribution in [0.5, 0.6) is 0 Å². The quantitative estimate of drug-likeness (QED) is 0.165. The normalized spacial score (nSPS) is 19.5. The van der Waals surface area contributed by atoms with Crippen LogP contribution in [0.4, 0.5) is 17.3 Å². The average molecular weight is 557 g/mol. The monoisotopic (exact) mass is 556 g/mol. The third kappa shape index (κ3) is 8.73. The van der Waals surface area contributed by atoms with E-state index in [1.165, 1.54) is 19.3 Å². The van der Waals surface area contributed by atoms with Crippen molar-refractivity contribution in [2.75, 3.05) is 43.9 Å². The van der Waals surface area contributed by atoms with Gasteiger partial charge in [0.15, 0.2) is 0 Å². The first-order chi connectivity index (χ1) is 20.1. The molecule has 9 heteroatoms. The zero-order valence-electron chi connectivity index (χ0n) is 23.9. The lowest BCUT2D eigenvalue weighted by Gasteiger charge is -2.29. The van der Waals surface area contributed by atoms with Gasteiger partial charge in [-0.2, -0.15) is 0 Å². The summed E-state index contributed by atoms with van der Waals surface area (Å²) in [6.07, 6.45) is 9.95. The molecule has 0 atom stereocenters. The lowest BCUT2D eigenvalue weighted by atomic mass is 9.83. The lowest BCUT2D eigenvalue weighted by molar-refractivity contribution is 0.0947. The number of aromatic nitrogens is 2. The van der Waals surface area contributed by atoms with E-state index in [0.29, 0.717) is 35.7 Å². The molecule has 3 aromatic rings. The number of benzene rings is 1. The molecule has 0 radical (unpaired) electrons. The lowest BCUT2D eigenvalue weighted by Crippen LogP contribution is -2.39. The molecule has 0 spiro atoms. The number of nitrogens with two attached hydrogens (primary N) is 1. The van der Waals surface area contributed by atoms with Gasteiger partial charge in [0, 0.05) is 55.8 Å². The van der Waals surface area contributed by atoms with Gasteiger partial charge in [0.05, 0.1) is 5.56 Å². The largest absolute Gasteiger partial charge is 0.384 e. The summed E-state index contributed by atoms with van der Waals surface area (Å²) in [4.78, 5) is 24.8. The standard InChI is InChI=1S/C32H44N8O/c33-30-16-9-24(22-36-30)21-34-23-37-26-12-10-25(11-13-26)29-15-14-28(31(39-29)38-27-7-3-1-4-8-27)32(41)35-17-20-40-18-5-2-6-19-40/h1,3-4,7-9,14-16,22,25-26,34,37H,2,5-6,10-13,17-21,23H2,(H2,33,36)(H,35,41)(H,38,39). The number of nitrogen functional groups attached to an aromatic ring is 1. The summed E-state index contributed by atoms with van der Waals surface area (Å²) in [6.45, 7) is 5.31. The van der Waals surface area contributed by atoms with Gasteiger partial charge in [-0.15, -0.1) is 0 Å². The fourth-order valence-corrected chi connectivity index (χ4v) is 5.80. The van der Waals surface area contributed by atoms with Crippen molar-refractivity contribution in [3.05, 3.63) is 77.6 Å². The van der Waals surface area contributed by atoms with Crippen LogP contribution in [0.3, 0.4) is 0 Å². The van der Waals surface area contributed by atoms with Gasteiger partial charge in [-0.1, -0.05) is 30.7 Å². The summed E-state index contributed by atoms with van der Waals surface area (Å²) >= 11 is 0. The predicted octanol–water partition coefficient (Wildman–Crippen LogP) is 4.38. The summed E-state index contributed by atoms with van der Waals surface area (Å²) in [6, 6.07) is 18.3. The number of likely N-dealkylation sites (tertiary alicyclic amines) is 1. The van der Waals surface area contributed by atoms with Crippen molar-refractivity contribution in [3.63, 3.8) is 0 Å². The number of nitrogens with one attached hydrogen (secondary N) is 4. The predicted molar refractivity (Wildman–Crippen MR) is 165 cm³/mol. The Labute approximate surface area is 243 Å². The number of anilines is 3. The summed E-state index contributed by atoms with van der Waals surface area (Å²) in [5, 5.41) is 13.6. The summed E-state index contributed by atoms with van der Waals surface area (Å²) < 4.78 is 0. The van der Waals surface area contributed by atoms with Gasteiger partial charge in [-0.25, -0.2) is 9.97 Å². The van der Waals surface area contributed by atoms with E-state index in [9.17, 15) is 4.79 Å². The number of hydrogen-bond donors (Lipinski definition) is 5. The van der Waals surface area contributed by atoms with Gasteiger partial charge >= 0.3 is 0 Å². The minimum atomic E-state index is -0.0744. The third-order valence-corrected chi connectivity index (χ3v) is 8.20. The summed E-state index contributed by atoms with van der Waals surface area (Å²) in [5.74, 6) is 1.48. The van der Waals surface area contributed by atoms with Gasteiger partial charge in [0.2, 0.25) is 0 Å². The summed E-state index contributed by atoms with van der Waals surface area (Å²) in [7, 11) is 0. The molecule has 5 rings (SSSR count). The highest BCUT2D eigenvalue weighted by Crippen LogP contribution is 2.33. The van der Waals surface area contributed by atoms with Gasteiger partial charge in [-0.3, -0.25) is 4.79 Å². The van der Waals surface area contributed by atoms with Crippen molar-refractivity contribution in [2.45, 2.75) is 63.5 Å². The van der Waals surface area contributed by atoms with Crippen LogP contribution in [0.1, 0.15) is 72.5 Å². The molecular weight excluding hydrogens is 512 g/mol. The number of amides is 1. The number of piperidine rings is 1. The number of para-hydroxylation sites is 1. The van der Waals surface area contributed by atoms with E-state index in [0.717, 1.165) is 75.5 Å². The Morgan fingerprint density at radius 1 is 0.951 bits per heavy atom. The molecule has 1 aliphatic heterocycles. The van der Waals surface area contributed by atoms with Crippen molar-refractivity contribution >= 4 is 23.2 Å². The Balaban J connectivity index is 1.15. The van der Waals surface area contributed by atoms with E-state index in [1.54, 1.807) is 0 Å². The van der Waals surface area contributed by atoms with E-state index in [-0.39, 0.29) is 5.91 Å². The van der Waals surface area contributed by atoms with Crippen molar-refractivity contribution in [3.8, 4) is 0 Å². The third-order valence-electron chi connectivity index (χ3n) is 8.20. The van der Waals surface area contributed by atoms with E-state index < -0.39 is 0 Å². The number of nitrogens with zero attached hydrogens (tertiary/aromatic N) is 3. The molecule has 0 bridgehead atoms. The van der Waals surface area contributed by atoms with Gasteiger partial charge in [-0.05, 0) is 87.5 Å². The molecule has 2 aliphatic rings. The molecule has 3 heterocycles. The molecule has 2 fully saturated rings. The van der Waals surface area contributed by atoms with Crippen LogP contribution >= 0.6 is 0 Å². The maximum Gasteiger partial charge on any atom is 0.255 e. The second-order valence-electron chi connectivity index (χ2n) is 11.2. The molecule has 6 N–H and O–H groups in total. The van der Waals surface area contributed by atoms with Crippen molar-refractivity contribution in [1.82, 2.24) is 30.8 Å². The van der Waals surface area contributed by atoms with E-state index >= 15 is 0 Å². The van der Waals surface area contributed by atoms with Crippen molar-refractivity contribution in [1.29, 1.82) is 0 Å². The van der Waals surface area contributed by atoms with Crippen LogP contribution in [0.25, 0.3) is 0 Å². The molecule has 218 valence electrons. The molecule has 9 nitrogen and oxygen atoms in total. The number of carbonyl (C=O) groups excluding carboxylic acids is 1. The first kappa shape index (κ1) is 29.0. The molecule has 1 amide bonds. The first-order valence-corrected chi connectivity index (χ1v) is 15.1. The average Bonchev–Trinajstić information content (AvgIpc) is 3.01. The van der Waals surface area contributed by atoms with Crippen LogP contribution in [0.15, 0.2) is 60.8 Å². The van der Waals surface area contributed by atoms with E-state index in [1.807, 2.05) is 54.7 Å². The number of hydrogen-bond acceptors (Lipinski definition) is 8. The van der Waals surface area contributed by atoms with Gasteiger partial charge < -0.3 is 31.9 Å². The fourth-order valence-electron chi connectivity index (χ4n) is 5.80. The Hall–Kier alpha value is -3.53. The molecule has 1 saturated heterocycles. The molecule has 1 aliphatic carbocycles. The topological polar surface area (TPSA) is 120 Å². The van der Waals surface area contributed by atoms with Gasteiger partial charge in [0.1, 0.15) is 11.6 Å². The highest BCUT2D eigenvalue weighted by atomic mass is 16.1. The Kier molecular flexibility index (Phi) is 10.5. The number of rotatable bonds is 12. The highest BCUT2D eigenvalue weighted by Gasteiger charge is 2.24. The smallest absolute Gasteiger partial charge is 0.255 e. The highest BCUT2D eigenvalue weighted by molar-refractivity contribution is 5.99. The first-order valence-electron chi connectivity index (χ1n) is 15.1. The molecule has 1 aromatic carbocycles. The minimum Gasteiger partial charge on any atom is -0.384 e. The minimum absolute atomic E-state index is 0.0744. The van der Waals surface area contributed by atoms with Crippen LogP contribution in [0.2, 0.25) is 0 Å². The Morgan fingerprint density at radius 3 is 2.51 bits per heavy atom. The van der Waals surface area contributed by atoms with Crippen LogP contribution in [-0.2, 0) is 6.54 Å². The molecule has 0 unspecified atom stereocenters.